The van der Waals surface area contributed by atoms with Gasteiger partial charge in [-0.15, -0.1) is 0 Å². The number of methoxy groups -OCH3 is 1. The number of rotatable bonds is 6. The van der Waals surface area contributed by atoms with Gasteiger partial charge in [-0.2, -0.15) is 13.5 Å². The van der Waals surface area contributed by atoms with Gasteiger partial charge in [0.25, 0.3) is 5.91 Å². The number of hydrogen-bond acceptors (Lipinski definition) is 6. The molecule has 0 fully saturated rings. The lowest BCUT2D eigenvalue weighted by atomic mass is 10.1. The normalized spacial score (nSPS) is 12.7. The number of ether oxygens (including phenoxy) is 1. The van der Waals surface area contributed by atoms with Gasteiger partial charge in [-0.25, -0.2) is 0 Å². The van der Waals surface area contributed by atoms with E-state index in [1.807, 2.05) is 30.3 Å². The predicted molar refractivity (Wildman–Crippen MR) is 126 cm³/mol. The number of halogens is 1. The summed E-state index contributed by atoms with van der Waals surface area (Å²) in [6, 6.07) is 15.1. The zero-order valence-electron chi connectivity index (χ0n) is 18.2. The lowest BCUT2D eigenvalue weighted by Crippen LogP contribution is -2.32. The summed E-state index contributed by atoms with van der Waals surface area (Å²) >= 11 is 5.90. The second kappa shape index (κ2) is 10.8. The molecule has 3 aromatic rings. The summed E-state index contributed by atoms with van der Waals surface area (Å²) in [5.74, 6) is 0.00102. The molecule has 9 nitrogen and oxygen atoms in total. The third kappa shape index (κ3) is 6.78. The SMILES string of the molecule is COCC(=O)N1CCc2ccc(NCc3ccc(Cl)cc3)cc21.Cn1ccc(S(=O)(=O)O)n1. The van der Waals surface area contributed by atoms with Crippen LogP contribution in [0.25, 0.3) is 0 Å². The Balaban J connectivity index is 0.000000257. The molecule has 2 aromatic carbocycles. The molecular formula is C22H25ClN4O5S. The predicted octanol–water partition coefficient (Wildman–Crippen LogP) is 3.15. The molecule has 4 rings (SSSR count). The summed E-state index contributed by atoms with van der Waals surface area (Å²) < 4.78 is 35.3. The van der Waals surface area contributed by atoms with Crippen LogP contribution in [0.1, 0.15) is 11.1 Å². The first-order valence-corrected chi connectivity index (χ1v) is 11.9. The maximum absolute atomic E-state index is 12.1. The third-order valence-electron chi connectivity index (χ3n) is 4.91. The number of aryl methyl sites for hydroxylation is 1. The van der Waals surface area contributed by atoms with Gasteiger partial charge in [0.1, 0.15) is 6.61 Å². The lowest BCUT2D eigenvalue weighted by molar-refractivity contribution is -0.122. The van der Waals surface area contributed by atoms with Gasteiger partial charge in [0.05, 0.1) is 0 Å². The molecule has 1 amide bonds. The van der Waals surface area contributed by atoms with E-state index in [1.54, 1.807) is 19.1 Å². The highest BCUT2D eigenvalue weighted by Gasteiger charge is 2.24. The molecule has 0 saturated carbocycles. The van der Waals surface area contributed by atoms with Crippen LogP contribution in [0.15, 0.2) is 59.8 Å². The molecule has 1 aromatic heterocycles. The quantitative estimate of drug-likeness (QED) is 0.508. The Morgan fingerprint density at radius 1 is 1.21 bits per heavy atom. The van der Waals surface area contributed by atoms with Crippen molar-refractivity contribution in [2.45, 2.75) is 18.0 Å². The molecule has 0 aliphatic carbocycles. The van der Waals surface area contributed by atoms with Crippen molar-refractivity contribution in [2.75, 3.05) is 30.5 Å². The Hall–Kier alpha value is -2.92. The molecule has 176 valence electrons. The first-order chi connectivity index (χ1) is 15.7. The number of nitrogens with one attached hydrogen (secondary N) is 1. The molecule has 0 bridgehead atoms. The standard InChI is InChI=1S/C18H19ClN2O2.C4H6N2O3S/c1-23-12-18(22)21-9-8-14-4-7-16(10-17(14)21)20-11-13-2-5-15(19)6-3-13;1-6-3-2-4(5-6)10(7,8)9/h2-7,10,20H,8-9,11-12H2,1H3;2-3H,1H3,(H,7,8,9). The number of nitrogens with zero attached hydrogens (tertiary/aromatic N) is 3. The smallest absolute Gasteiger partial charge is 0.313 e. The van der Waals surface area contributed by atoms with E-state index in [0.29, 0.717) is 6.54 Å². The monoisotopic (exact) mass is 492 g/mol. The summed E-state index contributed by atoms with van der Waals surface area (Å²) in [7, 11) is -1.01. The Labute approximate surface area is 197 Å². The molecule has 1 aliphatic rings. The van der Waals surface area contributed by atoms with Crippen LogP contribution in [0.5, 0.6) is 0 Å². The summed E-state index contributed by atoms with van der Waals surface area (Å²) in [5, 5.41) is 7.26. The van der Waals surface area contributed by atoms with Crippen molar-refractivity contribution < 1.29 is 22.5 Å². The highest BCUT2D eigenvalue weighted by atomic mass is 35.5. The maximum atomic E-state index is 12.1. The van der Waals surface area contributed by atoms with Crippen LogP contribution in [-0.4, -0.2) is 48.9 Å². The third-order valence-corrected chi connectivity index (χ3v) is 5.91. The minimum Gasteiger partial charge on any atom is -0.381 e. The topological polar surface area (TPSA) is 114 Å². The fourth-order valence-corrected chi connectivity index (χ4v) is 3.88. The van der Waals surface area contributed by atoms with E-state index in [0.717, 1.165) is 34.9 Å². The number of hydrogen-bond donors (Lipinski definition) is 2. The fraction of sp³-hybridized carbons (Fsp3) is 0.273. The number of fused-ring (bicyclic) bond motifs is 1. The van der Waals surface area contributed by atoms with Crippen LogP contribution in [0, 0.1) is 0 Å². The van der Waals surface area contributed by atoms with Gasteiger partial charge in [0.15, 0.2) is 0 Å². The molecule has 0 saturated heterocycles. The van der Waals surface area contributed by atoms with E-state index in [-0.39, 0.29) is 17.5 Å². The van der Waals surface area contributed by atoms with Crippen LogP contribution in [0.3, 0.4) is 0 Å². The molecule has 0 radical (unpaired) electrons. The maximum Gasteiger partial charge on any atom is 0.313 e. The average Bonchev–Trinajstić information content (AvgIpc) is 3.40. The minimum absolute atomic E-state index is 0.00102. The van der Waals surface area contributed by atoms with Gasteiger partial charge >= 0.3 is 10.1 Å². The van der Waals surface area contributed by atoms with E-state index < -0.39 is 10.1 Å². The van der Waals surface area contributed by atoms with Crippen LogP contribution < -0.4 is 10.2 Å². The van der Waals surface area contributed by atoms with E-state index in [2.05, 4.69) is 22.5 Å². The van der Waals surface area contributed by atoms with Crippen molar-refractivity contribution in [2.24, 2.45) is 7.05 Å². The molecule has 2 N–H and O–H groups in total. The van der Waals surface area contributed by atoms with E-state index in [1.165, 1.54) is 22.5 Å². The largest absolute Gasteiger partial charge is 0.381 e. The van der Waals surface area contributed by atoms with E-state index >= 15 is 0 Å². The van der Waals surface area contributed by atoms with Crippen LogP contribution in [0.4, 0.5) is 11.4 Å². The second-order valence-corrected chi connectivity index (χ2v) is 9.16. The van der Waals surface area contributed by atoms with Crippen LogP contribution >= 0.6 is 11.6 Å². The fourth-order valence-electron chi connectivity index (χ4n) is 3.29. The van der Waals surface area contributed by atoms with Gasteiger partial charge in [0, 0.05) is 49.8 Å². The highest BCUT2D eigenvalue weighted by molar-refractivity contribution is 7.85. The molecule has 33 heavy (non-hydrogen) atoms. The molecule has 0 unspecified atom stereocenters. The number of benzene rings is 2. The molecule has 0 spiro atoms. The number of amides is 1. The van der Waals surface area contributed by atoms with Crippen molar-refractivity contribution in [3.63, 3.8) is 0 Å². The van der Waals surface area contributed by atoms with Gasteiger partial charge in [-0.05, 0) is 47.9 Å². The van der Waals surface area contributed by atoms with Crippen molar-refractivity contribution in [3.05, 3.63) is 70.9 Å². The second-order valence-electron chi connectivity index (χ2n) is 7.35. The van der Waals surface area contributed by atoms with Gasteiger partial charge in [-0.3, -0.25) is 14.0 Å². The summed E-state index contributed by atoms with van der Waals surface area (Å²) in [6.07, 6.45) is 2.32. The Morgan fingerprint density at radius 3 is 2.52 bits per heavy atom. The summed E-state index contributed by atoms with van der Waals surface area (Å²) in [6.45, 7) is 1.54. The Morgan fingerprint density at radius 2 is 1.94 bits per heavy atom. The van der Waals surface area contributed by atoms with Gasteiger partial charge < -0.3 is 15.0 Å². The molecule has 0 atom stereocenters. The summed E-state index contributed by atoms with van der Waals surface area (Å²) in [5.41, 5.74) is 4.33. The Kier molecular flexibility index (Phi) is 8.09. The zero-order chi connectivity index (χ0) is 24.0. The van der Waals surface area contributed by atoms with E-state index in [4.69, 9.17) is 20.9 Å². The molecule has 1 aliphatic heterocycles. The average molecular weight is 493 g/mol. The lowest BCUT2D eigenvalue weighted by Gasteiger charge is -2.18. The molecular weight excluding hydrogens is 468 g/mol. The first kappa shape index (κ1) is 24.7. The zero-order valence-corrected chi connectivity index (χ0v) is 19.8. The van der Waals surface area contributed by atoms with Crippen LogP contribution in [0.2, 0.25) is 5.02 Å². The number of anilines is 2. The van der Waals surface area contributed by atoms with Crippen molar-refractivity contribution in [1.82, 2.24) is 9.78 Å². The number of carbonyl (C=O) groups is 1. The minimum atomic E-state index is -4.11. The van der Waals surface area contributed by atoms with E-state index in [9.17, 15) is 13.2 Å². The first-order valence-electron chi connectivity index (χ1n) is 10.0. The summed E-state index contributed by atoms with van der Waals surface area (Å²) in [4.78, 5) is 13.9. The van der Waals surface area contributed by atoms with Crippen molar-refractivity contribution in [1.29, 1.82) is 0 Å². The van der Waals surface area contributed by atoms with Crippen LogP contribution in [-0.2, 0) is 39.7 Å². The number of carbonyl (C=O) groups excluding carboxylic acids is 1. The molecule has 11 heteroatoms. The van der Waals surface area contributed by atoms with Crippen molar-refractivity contribution >= 4 is 39.0 Å². The molecule has 2 heterocycles. The Bertz CT molecular complexity index is 1210. The van der Waals surface area contributed by atoms with Gasteiger partial charge in [-0.1, -0.05) is 29.8 Å². The van der Waals surface area contributed by atoms with Crippen molar-refractivity contribution in [3.8, 4) is 0 Å². The number of aromatic nitrogens is 2. The van der Waals surface area contributed by atoms with Gasteiger partial charge in [0.2, 0.25) is 5.03 Å². The highest BCUT2D eigenvalue weighted by Crippen LogP contribution is 2.31.